The molecule has 0 amide bonds. The number of sulfonamides is 1. The minimum Gasteiger partial charge on any atom is -0.337 e. The molecule has 2 aromatic carbocycles. The van der Waals surface area contributed by atoms with Gasteiger partial charge in [0.1, 0.15) is 6.07 Å². The fourth-order valence-electron chi connectivity index (χ4n) is 3.87. The number of benzene rings is 2. The molecule has 1 saturated heterocycles. The number of anilines is 1. The smallest absolute Gasteiger partial charge is 0.254 e. The predicted octanol–water partition coefficient (Wildman–Crippen LogP) is 3.48. The van der Waals surface area contributed by atoms with Crippen LogP contribution in [0.15, 0.2) is 59.6 Å². The van der Waals surface area contributed by atoms with Gasteiger partial charge in [-0.05, 0) is 36.4 Å². The van der Waals surface area contributed by atoms with E-state index in [2.05, 4.69) is 15.1 Å². The highest BCUT2D eigenvalue weighted by molar-refractivity contribution is 7.89. The zero-order chi connectivity index (χ0) is 23.9. The number of halogens is 2. The number of fused-ring (bicyclic) bond motifs is 1. The van der Waals surface area contributed by atoms with Gasteiger partial charge in [-0.25, -0.2) is 13.4 Å². The second-order valence-corrected chi connectivity index (χ2v) is 10.3. The van der Waals surface area contributed by atoms with Gasteiger partial charge in [0.15, 0.2) is 0 Å². The van der Waals surface area contributed by atoms with Crippen LogP contribution in [0.2, 0.25) is 10.0 Å². The van der Waals surface area contributed by atoms with E-state index in [-0.39, 0.29) is 23.5 Å². The Kier molecular flexibility index (Phi) is 5.87. The van der Waals surface area contributed by atoms with E-state index in [1.165, 1.54) is 16.4 Å². The number of nitrogens with zero attached hydrogens (tertiary/aromatic N) is 7. The summed E-state index contributed by atoms with van der Waals surface area (Å²) >= 11 is 12.5. The summed E-state index contributed by atoms with van der Waals surface area (Å²) in [6.45, 7) is 1.24. The van der Waals surface area contributed by atoms with Gasteiger partial charge in [0.25, 0.3) is 5.78 Å². The Labute approximate surface area is 205 Å². The molecule has 4 aromatic rings. The first-order valence-electron chi connectivity index (χ1n) is 10.3. The SMILES string of the molecule is N#Cc1ccccc1S(=O)(=O)N1CCN(c2nc3nccc(-c4cc(Cl)ccc4Cl)n3n2)CC1. The summed E-state index contributed by atoms with van der Waals surface area (Å²) in [5, 5.41) is 15.0. The van der Waals surface area contributed by atoms with Crippen molar-refractivity contribution in [1.82, 2.24) is 23.9 Å². The Morgan fingerprint density at radius 2 is 1.76 bits per heavy atom. The van der Waals surface area contributed by atoms with Crippen molar-refractivity contribution in [3.63, 3.8) is 0 Å². The molecular weight excluding hydrogens is 497 g/mol. The summed E-state index contributed by atoms with van der Waals surface area (Å²) in [7, 11) is -3.79. The molecular formula is C22H17Cl2N7O2S. The van der Waals surface area contributed by atoms with Crippen LogP contribution >= 0.6 is 23.2 Å². The molecule has 0 atom stereocenters. The Morgan fingerprint density at radius 3 is 2.53 bits per heavy atom. The highest BCUT2D eigenvalue weighted by atomic mass is 35.5. The van der Waals surface area contributed by atoms with Gasteiger partial charge >= 0.3 is 0 Å². The lowest BCUT2D eigenvalue weighted by atomic mass is 10.1. The Balaban J connectivity index is 1.41. The average Bonchev–Trinajstić information content (AvgIpc) is 3.30. The highest BCUT2D eigenvalue weighted by Gasteiger charge is 2.31. The molecule has 1 fully saturated rings. The van der Waals surface area contributed by atoms with Gasteiger partial charge in [0.2, 0.25) is 16.0 Å². The van der Waals surface area contributed by atoms with Crippen LogP contribution in [0.1, 0.15) is 5.56 Å². The van der Waals surface area contributed by atoms with Crippen LogP contribution in [0.5, 0.6) is 0 Å². The van der Waals surface area contributed by atoms with Gasteiger partial charge in [-0.1, -0.05) is 35.3 Å². The highest BCUT2D eigenvalue weighted by Crippen LogP contribution is 2.31. The fraction of sp³-hybridized carbons (Fsp3) is 0.182. The average molecular weight is 514 g/mol. The molecule has 0 N–H and O–H groups in total. The number of hydrogen-bond donors (Lipinski definition) is 0. The van der Waals surface area contributed by atoms with Crippen LogP contribution in [-0.2, 0) is 10.0 Å². The minimum absolute atomic E-state index is 0.0176. The van der Waals surface area contributed by atoms with Crippen molar-refractivity contribution < 1.29 is 8.42 Å². The summed E-state index contributed by atoms with van der Waals surface area (Å²) in [5.41, 5.74) is 1.51. The summed E-state index contributed by atoms with van der Waals surface area (Å²) in [4.78, 5) is 10.7. The summed E-state index contributed by atoms with van der Waals surface area (Å²) < 4.78 is 29.2. The van der Waals surface area contributed by atoms with E-state index < -0.39 is 10.0 Å². The maximum Gasteiger partial charge on any atom is 0.254 e. The van der Waals surface area contributed by atoms with Crippen LogP contribution in [0.3, 0.4) is 0 Å². The predicted molar refractivity (Wildman–Crippen MR) is 128 cm³/mol. The monoisotopic (exact) mass is 513 g/mol. The van der Waals surface area contributed by atoms with Gasteiger partial charge in [-0.2, -0.15) is 19.1 Å². The van der Waals surface area contributed by atoms with Crippen molar-refractivity contribution >= 4 is 45.0 Å². The van der Waals surface area contributed by atoms with Gasteiger partial charge in [0, 0.05) is 43.0 Å². The maximum absolute atomic E-state index is 13.1. The van der Waals surface area contributed by atoms with E-state index in [0.717, 1.165) is 0 Å². The zero-order valence-corrected chi connectivity index (χ0v) is 20.0. The third kappa shape index (κ3) is 3.97. The molecule has 5 rings (SSSR count). The summed E-state index contributed by atoms with van der Waals surface area (Å²) in [5.74, 6) is 0.828. The van der Waals surface area contributed by atoms with E-state index in [1.807, 2.05) is 11.0 Å². The largest absolute Gasteiger partial charge is 0.337 e. The van der Waals surface area contributed by atoms with Gasteiger partial charge in [0.05, 0.1) is 21.2 Å². The maximum atomic E-state index is 13.1. The fourth-order valence-corrected chi connectivity index (χ4v) is 5.82. The molecule has 0 radical (unpaired) electrons. The Hall–Kier alpha value is -3.23. The van der Waals surface area contributed by atoms with E-state index in [9.17, 15) is 13.7 Å². The molecule has 0 saturated carbocycles. The molecule has 9 nitrogen and oxygen atoms in total. The molecule has 1 aliphatic rings. The normalized spacial score (nSPS) is 14.9. The second kappa shape index (κ2) is 8.85. The van der Waals surface area contributed by atoms with Crippen molar-refractivity contribution in [2.75, 3.05) is 31.1 Å². The lowest BCUT2D eigenvalue weighted by molar-refractivity contribution is 0.382. The lowest BCUT2D eigenvalue weighted by Crippen LogP contribution is -2.49. The van der Waals surface area contributed by atoms with Crippen molar-refractivity contribution in [2.24, 2.45) is 0 Å². The van der Waals surface area contributed by atoms with E-state index >= 15 is 0 Å². The van der Waals surface area contributed by atoms with Crippen LogP contribution in [0, 0.1) is 11.3 Å². The summed E-state index contributed by atoms with van der Waals surface area (Å²) in [6, 6.07) is 15.1. The summed E-state index contributed by atoms with van der Waals surface area (Å²) in [6.07, 6.45) is 1.62. The van der Waals surface area contributed by atoms with Crippen LogP contribution in [-0.4, -0.2) is 58.5 Å². The molecule has 12 heteroatoms. The first kappa shape index (κ1) is 22.6. The lowest BCUT2D eigenvalue weighted by Gasteiger charge is -2.33. The van der Waals surface area contributed by atoms with Crippen LogP contribution in [0.4, 0.5) is 5.95 Å². The van der Waals surface area contributed by atoms with Crippen molar-refractivity contribution in [2.45, 2.75) is 4.90 Å². The minimum atomic E-state index is -3.79. The standard InChI is InChI=1S/C22H17Cl2N7O2S/c23-16-5-6-18(24)17(13-16)19-7-8-26-21-27-22(28-31(19)21)29-9-11-30(12-10-29)34(32,33)20-4-2-1-3-15(20)14-25/h1-8,13H,9-12H2. The molecule has 1 aliphatic heterocycles. The van der Waals surface area contributed by atoms with Gasteiger partial charge in [-0.15, -0.1) is 5.10 Å². The third-order valence-electron chi connectivity index (χ3n) is 5.58. The number of aromatic nitrogens is 4. The van der Waals surface area contributed by atoms with Crippen LogP contribution < -0.4 is 4.90 Å². The molecule has 34 heavy (non-hydrogen) atoms. The molecule has 0 bridgehead atoms. The third-order valence-corrected chi connectivity index (χ3v) is 8.10. The molecule has 0 unspecified atom stereocenters. The number of nitriles is 1. The first-order valence-corrected chi connectivity index (χ1v) is 12.5. The number of rotatable bonds is 4. The Morgan fingerprint density at radius 1 is 1.00 bits per heavy atom. The molecule has 0 aliphatic carbocycles. The second-order valence-electron chi connectivity index (χ2n) is 7.58. The number of hydrogen-bond acceptors (Lipinski definition) is 7. The molecule has 172 valence electrons. The van der Waals surface area contributed by atoms with E-state index in [4.69, 9.17) is 23.2 Å². The van der Waals surface area contributed by atoms with Gasteiger partial charge in [-0.3, -0.25) is 0 Å². The number of piperazine rings is 1. The van der Waals surface area contributed by atoms with Crippen LogP contribution in [0.25, 0.3) is 17.0 Å². The zero-order valence-electron chi connectivity index (χ0n) is 17.6. The van der Waals surface area contributed by atoms with Crippen molar-refractivity contribution in [1.29, 1.82) is 5.26 Å². The van der Waals surface area contributed by atoms with Gasteiger partial charge < -0.3 is 4.90 Å². The topological polar surface area (TPSA) is 107 Å². The molecule has 2 aromatic heterocycles. The first-order chi connectivity index (χ1) is 16.4. The quantitative estimate of drug-likeness (QED) is 0.410. The van der Waals surface area contributed by atoms with E-state index in [1.54, 1.807) is 47.1 Å². The molecule has 3 heterocycles. The molecule has 0 spiro atoms. The van der Waals surface area contributed by atoms with Crippen molar-refractivity contribution in [3.05, 3.63) is 70.3 Å². The van der Waals surface area contributed by atoms with Crippen molar-refractivity contribution in [3.8, 4) is 17.3 Å². The Bertz CT molecular complexity index is 1540. The van der Waals surface area contributed by atoms with E-state index in [0.29, 0.717) is 46.1 Å².